The number of hydrogen-bond acceptors (Lipinski definition) is 2. The summed E-state index contributed by atoms with van der Waals surface area (Å²) in [5, 5.41) is 2.11. The molecular formula is C7H5ClS2. The fourth-order valence-corrected chi connectivity index (χ4v) is 3.11. The van der Waals surface area contributed by atoms with Crippen LogP contribution in [0.5, 0.6) is 0 Å². The molecule has 0 amide bonds. The van der Waals surface area contributed by atoms with Crippen LogP contribution in [0.3, 0.4) is 0 Å². The molecule has 10 heavy (non-hydrogen) atoms. The first-order valence-electron chi connectivity index (χ1n) is 2.92. The van der Waals surface area contributed by atoms with Gasteiger partial charge in [0.25, 0.3) is 0 Å². The Morgan fingerprint density at radius 3 is 3.00 bits per heavy atom. The van der Waals surface area contributed by atoms with Crippen LogP contribution in [0.25, 0.3) is 9.40 Å². The zero-order valence-electron chi connectivity index (χ0n) is 5.13. The molecule has 2 aromatic rings. The second-order valence-electron chi connectivity index (χ2n) is 2.00. The highest BCUT2D eigenvalue weighted by Crippen LogP contribution is 2.30. The normalized spacial score (nSPS) is 10.9. The molecule has 0 aliphatic rings. The van der Waals surface area contributed by atoms with Gasteiger partial charge in [-0.3, -0.25) is 0 Å². The summed E-state index contributed by atoms with van der Waals surface area (Å²) in [6, 6.07) is 4.30. The van der Waals surface area contributed by atoms with Gasteiger partial charge in [0.2, 0.25) is 0 Å². The number of thiophene rings is 2. The minimum absolute atomic E-state index is 0.645. The first-order chi connectivity index (χ1) is 4.90. The van der Waals surface area contributed by atoms with Gasteiger partial charge < -0.3 is 0 Å². The van der Waals surface area contributed by atoms with E-state index < -0.39 is 0 Å². The second-order valence-corrected chi connectivity index (χ2v) is 4.38. The molecule has 2 rings (SSSR count). The molecule has 2 heterocycles. The van der Waals surface area contributed by atoms with E-state index in [2.05, 4.69) is 17.5 Å². The molecule has 2 aromatic heterocycles. The standard InChI is InChI=1S/C7H5ClS2/c8-4-5-3-7-6(10-5)1-2-9-7/h1-3H,4H2. The highest BCUT2D eigenvalue weighted by molar-refractivity contribution is 7.27. The molecule has 0 bridgehead atoms. The van der Waals surface area contributed by atoms with Crippen molar-refractivity contribution in [1.29, 1.82) is 0 Å². The summed E-state index contributed by atoms with van der Waals surface area (Å²) in [6.07, 6.45) is 0. The Labute approximate surface area is 72.1 Å². The third-order valence-corrected chi connectivity index (χ3v) is 3.86. The average molecular weight is 189 g/mol. The predicted molar refractivity (Wildman–Crippen MR) is 49.3 cm³/mol. The van der Waals surface area contributed by atoms with Gasteiger partial charge in [-0.2, -0.15) is 0 Å². The van der Waals surface area contributed by atoms with E-state index in [-0.39, 0.29) is 0 Å². The van der Waals surface area contributed by atoms with Gasteiger partial charge in [-0.15, -0.1) is 34.3 Å². The number of rotatable bonds is 1. The van der Waals surface area contributed by atoms with Crippen molar-refractivity contribution >= 4 is 43.7 Å². The molecule has 52 valence electrons. The van der Waals surface area contributed by atoms with Crippen molar-refractivity contribution in [1.82, 2.24) is 0 Å². The summed E-state index contributed by atoms with van der Waals surface area (Å²) in [5.41, 5.74) is 0. The van der Waals surface area contributed by atoms with E-state index in [0.717, 1.165) is 0 Å². The fraction of sp³-hybridized carbons (Fsp3) is 0.143. The number of halogens is 1. The summed E-state index contributed by atoms with van der Waals surface area (Å²) in [6.45, 7) is 0. The lowest BCUT2D eigenvalue weighted by atomic mass is 10.5. The molecule has 0 nitrogen and oxygen atoms in total. The maximum atomic E-state index is 5.67. The van der Waals surface area contributed by atoms with Crippen molar-refractivity contribution in [3.8, 4) is 0 Å². The van der Waals surface area contributed by atoms with Gasteiger partial charge in [-0.05, 0) is 17.5 Å². The fourth-order valence-electron chi connectivity index (χ4n) is 0.882. The maximum Gasteiger partial charge on any atom is 0.0568 e. The Balaban J connectivity index is 2.67. The topological polar surface area (TPSA) is 0 Å². The van der Waals surface area contributed by atoms with Crippen LogP contribution in [0.2, 0.25) is 0 Å². The van der Waals surface area contributed by atoms with Crippen molar-refractivity contribution in [2.75, 3.05) is 0 Å². The highest BCUT2D eigenvalue weighted by Gasteiger charge is 1.99. The lowest BCUT2D eigenvalue weighted by molar-refractivity contribution is 1.55. The van der Waals surface area contributed by atoms with Crippen LogP contribution in [0.15, 0.2) is 17.5 Å². The van der Waals surface area contributed by atoms with Gasteiger partial charge in [0.15, 0.2) is 0 Å². The van der Waals surface area contributed by atoms with E-state index in [1.807, 2.05) is 0 Å². The van der Waals surface area contributed by atoms with Crippen molar-refractivity contribution in [3.05, 3.63) is 22.4 Å². The van der Waals surface area contributed by atoms with E-state index >= 15 is 0 Å². The van der Waals surface area contributed by atoms with Gasteiger partial charge in [0.1, 0.15) is 0 Å². The quantitative estimate of drug-likeness (QED) is 0.599. The van der Waals surface area contributed by atoms with E-state index in [4.69, 9.17) is 11.6 Å². The molecule has 0 atom stereocenters. The second kappa shape index (κ2) is 2.53. The Morgan fingerprint density at radius 2 is 2.30 bits per heavy atom. The minimum atomic E-state index is 0.645. The largest absolute Gasteiger partial charge is 0.143 e. The third-order valence-electron chi connectivity index (χ3n) is 1.32. The van der Waals surface area contributed by atoms with Crippen LogP contribution in [0.4, 0.5) is 0 Å². The minimum Gasteiger partial charge on any atom is -0.143 e. The zero-order valence-corrected chi connectivity index (χ0v) is 7.52. The molecule has 0 fully saturated rings. The lowest BCUT2D eigenvalue weighted by Crippen LogP contribution is -1.59. The molecule has 0 aromatic carbocycles. The van der Waals surface area contributed by atoms with Crippen LogP contribution >= 0.6 is 34.3 Å². The smallest absolute Gasteiger partial charge is 0.0568 e. The Morgan fingerprint density at radius 1 is 1.40 bits per heavy atom. The zero-order chi connectivity index (χ0) is 6.97. The predicted octanol–water partition coefficient (Wildman–Crippen LogP) is 3.70. The van der Waals surface area contributed by atoms with Crippen molar-refractivity contribution in [3.63, 3.8) is 0 Å². The van der Waals surface area contributed by atoms with Crippen LogP contribution in [-0.4, -0.2) is 0 Å². The van der Waals surface area contributed by atoms with Crippen LogP contribution in [0.1, 0.15) is 4.88 Å². The Bertz CT molecular complexity index is 305. The summed E-state index contributed by atoms with van der Waals surface area (Å²) in [5.74, 6) is 0.645. The van der Waals surface area contributed by atoms with E-state index in [1.54, 1.807) is 22.7 Å². The molecule has 0 aliphatic carbocycles. The number of alkyl halides is 1. The highest BCUT2D eigenvalue weighted by atomic mass is 35.5. The molecule has 0 radical (unpaired) electrons. The molecule has 0 spiro atoms. The van der Waals surface area contributed by atoms with Gasteiger partial charge >= 0.3 is 0 Å². The number of fused-ring (bicyclic) bond motifs is 1. The van der Waals surface area contributed by atoms with E-state index in [1.165, 1.54) is 14.3 Å². The Kier molecular flexibility index (Phi) is 1.68. The summed E-state index contributed by atoms with van der Waals surface area (Å²) in [4.78, 5) is 1.27. The van der Waals surface area contributed by atoms with Crippen molar-refractivity contribution in [2.24, 2.45) is 0 Å². The Hall–Kier alpha value is -0.0500. The SMILES string of the molecule is ClCc1cc2sccc2s1. The maximum absolute atomic E-state index is 5.67. The van der Waals surface area contributed by atoms with E-state index in [9.17, 15) is 0 Å². The molecule has 0 unspecified atom stereocenters. The first-order valence-corrected chi connectivity index (χ1v) is 5.15. The molecule has 0 N–H and O–H groups in total. The molecule has 0 saturated heterocycles. The monoisotopic (exact) mass is 188 g/mol. The van der Waals surface area contributed by atoms with E-state index in [0.29, 0.717) is 5.88 Å². The molecule has 0 saturated carbocycles. The van der Waals surface area contributed by atoms with Gasteiger partial charge in [-0.25, -0.2) is 0 Å². The van der Waals surface area contributed by atoms with Crippen LogP contribution < -0.4 is 0 Å². The van der Waals surface area contributed by atoms with Gasteiger partial charge in [0, 0.05) is 14.3 Å². The van der Waals surface area contributed by atoms with Crippen LogP contribution in [0, 0.1) is 0 Å². The van der Waals surface area contributed by atoms with Crippen molar-refractivity contribution in [2.45, 2.75) is 5.88 Å². The number of hydrogen-bond donors (Lipinski definition) is 0. The third kappa shape index (κ3) is 0.965. The van der Waals surface area contributed by atoms with Crippen LogP contribution in [-0.2, 0) is 5.88 Å². The molecule has 3 heteroatoms. The lowest BCUT2D eigenvalue weighted by Gasteiger charge is -1.78. The summed E-state index contributed by atoms with van der Waals surface area (Å²) >= 11 is 9.23. The first kappa shape index (κ1) is 6.65. The summed E-state index contributed by atoms with van der Waals surface area (Å²) in [7, 11) is 0. The van der Waals surface area contributed by atoms with Gasteiger partial charge in [0.05, 0.1) is 5.88 Å². The van der Waals surface area contributed by atoms with Crippen molar-refractivity contribution < 1.29 is 0 Å². The molecule has 0 aliphatic heterocycles. The molecular weight excluding hydrogens is 184 g/mol. The summed E-state index contributed by atoms with van der Waals surface area (Å²) < 4.78 is 2.72. The average Bonchev–Trinajstić information content (AvgIpc) is 2.42. The van der Waals surface area contributed by atoms with Gasteiger partial charge in [-0.1, -0.05) is 0 Å².